The average Bonchev–Trinajstić information content (AvgIpc) is 2.39. The van der Waals surface area contributed by atoms with Crippen LogP contribution in [0.2, 0.25) is 0 Å². The maximum atomic E-state index is 12.0. The molecule has 0 saturated carbocycles. The summed E-state index contributed by atoms with van der Waals surface area (Å²) in [4.78, 5) is 26.3. The molecule has 0 spiro atoms. The van der Waals surface area contributed by atoms with Gasteiger partial charge < -0.3 is 10.3 Å². The Labute approximate surface area is 111 Å². The summed E-state index contributed by atoms with van der Waals surface area (Å²) in [6.45, 7) is 3.89. The predicted octanol–water partition coefficient (Wildman–Crippen LogP) is 2.17. The van der Waals surface area contributed by atoms with Crippen LogP contribution in [0, 0.1) is 6.92 Å². The van der Waals surface area contributed by atoms with Crippen LogP contribution in [0.5, 0.6) is 0 Å². The average molecular weight is 256 g/mol. The minimum atomic E-state index is -0.363. The lowest BCUT2D eigenvalue weighted by Crippen LogP contribution is -2.31. The molecule has 2 N–H and O–H groups in total. The number of pyridine rings is 1. The quantitative estimate of drug-likeness (QED) is 0.884. The first-order valence-electron chi connectivity index (χ1n) is 6.13. The van der Waals surface area contributed by atoms with E-state index in [2.05, 4.69) is 10.3 Å². The SMILES string of the molecule is Cc1ccccc1C(C)NC(=O)c1c[nH]ccc1=O. The Hall–Kier alpha value is -2.36. The van der Waals surface area contributed by atoms with E-state index in [1.54, 1.807) is 0 Å². The first-order valence-corrected chi connectivity index (χ1v) is 6.13. The molecule has 0 aliphatic carbocycles. The van der Waals surface area contributed by atoms with Crippen LogP contribution in [0.25, 0.3) is 0 Å². The van der Waals surface area contributed by atoms with Gasteiger partial charge >= 0.3 is 0 Å². The highest BCUT2D eigenvalue weighted by atomic mass is 16.2. The minimum absolute atomic E-state index is 0.128. The van der Waals surface area contributed by atoms with E-state index in [1.165, 1.54) is 18.5 Å². The number of H-pyrrole nitrogens is 1. The first-order chi connectivity index (χ1) is 9.09. The van der Waals surface area contributed by atoms with E-state index in [9.17, 15) is 9.59 Å². The third-order valence-corrected chi connectivity index (χ3v) is 3.07. The molecular formula is C15H16N2O2. The molecule has 1 aromatic carbocycles. The van der Waals surface area contributed by atoms with E-state index in [0.717, 1.165) is 11.1 Å². The van der Waals surface area contributed by atoms with E-state index in [0.29, 0.717) is 0 Å². The van der Waals surface area contributed by atoms with Crippen molar-refractivity contribution in [1.82, 2.24) is 10.3 Å². The number of hydrogen-bond donors (Lipinski definition) is 2. The normalized spacial score (nSPS) is 11.9. The number of aryl methyl sites for hydroxylation is 1. The number of nitrogens with one attached hydrogen (secondary N) is 2. The van der Waals surface area contributed by atoms with Gasteiger partial charge in [0.1, 0.15) is 5.56 Å². The minimum Gasteiger partial charge on any atom is -0.367 e. The molecule has 0 fully saturated rings. The van der Waals surface area contributed by atoms with Gasteiger partial charge in [-0.05, 0) is 25.0 Å². The highest BCUT2D eigenvalue weighted by molar-refractivity contribution is 5.94. The molecule has 4 heteroatoms. The standard InChI is InChI=1S/C15H16N2O2/c1-10-5-3-4-6-12(10)11(2)17-15(19)13-9-16-8-7-14(13)18/h3-9,11H,1-2H3,(H,16,18)(H,17,19). The second kappa shape index (κ2) is 5.52. The zero-order valence-electron chi connectivity index (χ0n) is 10.9. The van der Waals surface area contributed by atoms with Crippen molar-refractivity contribution in [1.29, 1.82) is 0 Å². The molecule has 4 nitrogen and oxygen atoms in total. The van der Waals surface area contributed by atoms with Gasteiger partial charge in [-0.1, -0.05) is 24.3 Å². The third-order valence-electron chi connectivity index (χ3n) is 3.07. The maximum absolute atomic E-state index is 12.0. The number of aromatic nitrogens is 1. The summed E-state index contributed by atoms with van der Waals surface area (Å²) in [6.07, 6.45) is 2.92. The van der Waals surface area contributed by atoms with Crippen molar-refractivity contribution in [3.05, 3.63) is 69.6 Å². The Kier molecular flexibility index (Phi) is 3.80. The molecular weight excluding hydrogens is 240 g/mol. The molecule has 0 aliphatic rings. The van der Waals surface area contributed by atoms with Gasteiger partial charge in [-0.2, -0.15) is 0 Å². The Balaban J connectivity index is 2.18. The van der Waals surface area contributed by atoms with Crippen LogP contribution in [0.1, 0.15) is 34.5 Å². The van der Waals surface area contributed by atoms with Crippen molar-refractivity contribution >= 4 is 5.91 Å². The predicted molar refractivity (Wildman–Crippen MR) is 74.1 cm³/mol. The van der Waals surface area contributed by atoms with Crippen molar-refractivity contribution in [3.63, 3.8) is 0 Å². The second-order valence-corrected chi connectivity index (χ2v) is 4.47. The summed E-state index contributed by atoms with van der Waals surface area (Å²) < 4.78 is 0. The maximum Gasteiger partial charge on any atom is 0.257 e. The molecule has 2 rings (SSSR count). The Morgan fingerprint density at radius 1 is 1.26 bits per heavy atom. The van der Waals surface area contributed by atoms with Gasteiger partial charge in [0.05, 0.1) is 6.04 Å². The lowest BCUT2D eigenvalue weighted by molar-refractivity contribution is 0.0938. The molecule has 0 saturated heterocycles. The zero-order valence-corrected chi connectivity index (χ0v) is 10.9. The lowest BCUT2D eigenvalue weighted by atomic mass is 10.0. The summed E-state index contributed by atoms with van der Waals surface area (Å²) in [5.41, 5.74) is 2.00. The molecule has 0 bridgehead atoms. The van der Waals surface area contributed by atoms with Crippen LogP contribution in [-0.4, -0.2) is 10.9 Å². The van der Waals surface area contributed by atoms with E-state index < -0.39 is 0 Å². The van der Waals surface area contributed by atoms with Crippen LogP contribution < -0.4 is 10.7 Å². The number of carbonyl (C=O) groups is 1. The van der Waals surface area contributed by atoms with Crippen molar-refractivity contribution in [2.45, 2.75) is 19.9 Å². The Morgan fingerprint density at radius 3 is 2.68 bits per heavy atom. The van der Waals surface area contributed by atoms with E-state index >= 15 is 0 Å². The summed E-state index contributed by atoms with van der Waals surface area (Å²) in [5, 5.41) is 2.84. The zero-order chi connectivity index (χ0) is 13.8. The summed E-state index contributed by atoms with van der Waals surface area (Å²) in [6, 6.07) is 9.04. The van der Waals surface area contributed by atoms with Crippen LogP contribution >= 0.6 is 0 Å². The van der Waals surface area contributed by atoms with Gasteiger partial charge in [-0.25, -0.2) is 0 Å². The molecule has 1 heterocycles. The van der Waals surface area contributed by atoms with Crippen LogP contribution in [0.3, 0.4) is 0 Å². The second-order valence-electron chi connectivity index (χ2n) is 4.47. The van der Waals surface area contributed by atoms with Gasteiger partial charge in [0, 0.05) is 18.5 Å². The van der Waals surface area contributed by atoms with E-state index in [-0.39, 0.29) is 22.9 Å². The number of rotatable bonds is 3. The smallest absolute Gasteiger partial charge is 0.257 e. The molecule has 19 heavy (non-hydrogen) atoms. The fraction of sp³-hybridized carbons (Fsp3) is 0.200. The van der Waals surface area contributed by atoms with Crippen LogP contribution in [0.15, 0.2) is 47.5 Å². The van der Waals surface area contributed by atoms with E-state index in [4.69, 9.17) is 0 Å². The molecule has 98 valence electrons. The van der Waals surface area contributed by atoms with Crippen molar-refractivity contribution < 1.29 is 4.79 Å². The Morgan fingerprint density at radius 2 is 2.00 bits per heavy atom. The molecule has 0 radical (unpaired) electrons. The highest BCUT2D eigenvalue weighted by Crippen LogP contribution is 2.16. The molecule has 1 unspecified atom stereocenters. The van der Waals surface area contributed by atoms with E-state index in [1.807, 2.05) is 38.1 Å². The summed E-state index contributed by atoms with van der Waals surface area (Å²) in [5.74, 6) is -0.363. The fourth-order valence-electron chi connectivity index (χ4n) is 2.02. The van der Waals surface area contributed by atoms with Crippen LogP contribution in [-0.2, 0) is 0 Å². The van der Waals surface area contributed by atoms with Gasteiger partial charge in [-0.15, -0.1) is 0 Å². The molecule has 2 aromatic rings. The fourth-order valence-corrected chi connectivity index (χ4v) is 2.02. The largest absolute Gasteiger partial charge is 0.367 e. The molecule has 1 aromatic heterocycles. The Bertz CT molecular complexity index is 646. The van der Waals surface area contributed by atoms with Gasteiger partial charge in [-0.3, -0.25) is 9.59 Å². The number of carbonyl (C=O) groups excluding carboxylic acids is 1. The third kappa shape index (κ3) is 2.91. The van der Waals surface area contributed by atoms with Crippen LogP contribution in [0.4, 0.5) is 0 Å². The van der Waals surface area contributed by atoms with Crippen molar-refractivity contribution in [2.75, 3.05) is 0 Å². The van der Waals surface area contributed by atoms with Gasteiger partial charge in [0.2, 0.25) is 0 Å². The highest BCUT2D eigenvalue weighted by Gasteiger charge is 2.14. The summed E-state index contributed by atoms with van der Waals surface area (Å²) >= 11 is 0. The number of benzene rings is 1. The monoisotopic (exact) mass is 256 g/mol. The number of aromatic amines is 1. The number of hydrogen-bond acceptors (Lipinski definition) is 2. The lowest BCUT2D eigenvalue weighted by Gasteiger charge is -2.16. The van der Waals surface area contributed by atoms with Crippen molar-refractivity contribution in [2.24, 2.45) is 0 Å². The number of amides is 1. The molecule has 0 aliphatic heterocycles. The molecule has 1 amide bonds. The van der Waals surface area contributed by atoms with Gasteiger partial charge in [0.15, 0.2) is 5.43 Å². The van der Waals surface area contributed by atoms with Gasteiger partial charge in [0.25, 0.3) is 5.91 Å². The first kappa shape index (κ1) is 13.1. The molecule has 1 atom stereocenters. The summed E-state index contributed by atoms with van der Waals surface area (Å²) in [7, 11) is 0. The topological polar surface area (TPSA) is 62.0 Å². The van der Waals surface area contributed by atoms with Crippen molar-refractivity contribution in [3.8, 4) is 0 Å².